The molecule has 134 valence electrons. The first-order valence-corrected chi connectivity index (χ1v) is 7.11. The van der Waals surface area contributed by atoms with Crippen LogP contribution in [0.2, 0.25) is 0 Å². The maximum absolute atomic E-state index is 13.6. The molecule has 5 nitrogen and oxygen atoms in total. The predicted molar refractivity (Wildman–Crippen MR) is 80.2 cm³/mol. The SMILES string of the molecule is CC(=O)Nc1cc(C(=O)N(Cc2ccco2)CC(F)(F)F)ccc1F. The Morgan fingerprint density at radius 3 is 2.52 bits per heavy atom. The Balaban J connectivity index is 2.30. The largest absolute Gasteiger partial charge is 0.467 e. The van der Waals surface area contributed by atoms with E-state index in [4.69, 9.17) is 4.42 Å². The van der Waals surface area contributed by atoms with Crippen LogP contribution in [0.4, 0.5) is 23.2 Å². The Kier molecular flexibility index (Phi) is 5.45. The topological polar surface area (TPSA) is 62.6 Å². The van der Waals surface area contributed by atoms with Crippen LogP contribution in [0, 0.1) is 5.82 Å². The number of furan rings is 1. The van der Waals surface area contributed by atoms with Crippen molar-refractivity contribution in [3.63, 3.8) is 0 Å². The third kappa shape index (κ3) is 5.33. The molecule has 25 heavy (non-hydrogen) atoms. The fourth-order valence-corrected chi connectivity index (χ4v) is 2.13. The van der Waals surface area contributed by atoms with Crippen molar-refractivity contribution in [2.75, 3.05) is 11.9 Å². The maximum atomic E-state index is 13.6. The minimum atomic E-state index is -4.62. The Labute approximate surface area is 140 Å². The van der Waals surface area contributed by atoms with Crippen LogP contribution >= 0.6 is 0 Å². The Morgan fingerprint density at radius 2 is 1.96 bits per heavy atom. The predicted octanol–water partition coefficient (Wildman–Crippen LogP) is 3.58. The molecule has 0 spiro atoms. The van der Waals surface area contributed by atoms with Crippen LogP contribution in [-0.4, -0.2) is 29.4 Å². The van der Waals surface area contributed by atoms with Crippen molar-refractivity contribution in [3.8, 4) is 0 Å². The molecular weight excluding hydrogens is 344 g/mol. The summed E-state index contributed by atoms with van der Waals surface area (Å²) in [6, 6.07) is 5.86. The second-order valence-electron chi connectivity index (χ2n) is 5.23. The minimum absolute atomic E-state index is 0.168. The number of anilines is 1. The zero-order valence-corrected chi connectivity index (χ0v) is 13.1. The third-order valence-corrected chi connectivity index (χ3v) is 3.11. The fraction of sp³-hybridized carbons (Fsp3) is 0.250. The van der Waals surface area contributed by atoms with Crippen LogP contribution in [0.25, 0.3) is 0 Å². The zero-order valence-electron chi connectivity index (χ0n) is 13.1. The molecule has 1 aromatic carbocycles. The summed E-state index contributed by atoms with van der Waals surface area (Å²) in [5.74, 6) is -2.19. The van der Waals surface area contributed by atoms with Crippen LogP contribution in [0.15, 0.2) is 41.0 Å². The number of halogens is 4. The summed E-state index contributed by atoms with van der Waals surface area (Å²) < 4.78 is 57.0. The lowest BCUT2D eigenvalue weighted by molar-refractivity contribution is -0.142. The van der Waals surface area contributed by atoms with Crippen molar-refractivity contribution in [1.29, 1.82) is 0 Å². The summed E-state index contributed by atoms with van der Waals surface area (Å²) in [4.78, 5) is 24.0. The van der Waals surface area contributed by atoms with Crippen LogP contribution in [0.1, 0.15) is 23.0 Å². The van der Waals surface area contributed by atoms with Crippen LogP contribution < -0.4 is 5.32 Å². The van der Waals surface area contributed by atoms with Gasteiger partial charge in [-0.25, -0.2) is 4.39 Å². The summed E-state index contributed by atoms with van der Waals surface area (Å²) >= 11 is 0. The molecule has 0 fully saturated rings. The van der Waals surface area contributed by atoms with Gasteiger partial charge in [-0.1, -0.05) is 0 Å². The van der Waals surface area contributed by atoms with Gasteiger partial charge in [0.15, 0.2) is 0 Å². The normalized spacial score (nSPS) is 11.2. The van der Waals surface area contributed by atoms with E-state index in [-0.39, 0.29) is 17.0 Å². The molecule has 0 bridgehead atoms. The van der Waals surface area contributed by atoms with Crippen molar-refractivity contribution in [2.45, 2.75) is 19.6 Å². The lowest BCUT2D eigenvalue weighted by Crippen LogP contribution is -2.38. The number of carbonyl (C=O) groups is 2. The van der Waals surface area contributed by atoms with Gasteiger partial charge in [0.25, 0.3) is 5.91 Å². The van der Waals surface area contributed by atoms with Crippen LogP contribution in [0.3, 0.4) is 0 Å². The van der Waals surface area contributed by atoms with Gasteiger partial charge in [0.2, 0.25) is 5.91 Å². The average molecular weight is 358 g/mol. The highest BCUT2D eigenvalue weighted by Gasteiger charge is 2.34. The Bertz CT molecular complexity index is 757. The van der Waals surface area contributed by atoms with Gasteiger partial charge in [-0.2, -0.15) is 13.2 Å². The van der Waals surface area contributed by atoms with Crippen LogP contribution in [-0.2, 0) is 11.3 Å². The molecule has 1 N–H and O–H groups in total. The number of rotatable bonds is 5. The van der Waals surface area contributed by atoms with E-state index in [9.17, 15) is 27.2 Å². The van der Waals surface area contributed by atoms with E-state index < -0.39 is 36.9 Å². The molecule has 0 unspecified atom stereocenters. The standard InChI is InChI=1S/C16H14F4N2O3/c1-10(23)21-14-7-11(4-5-13(14)17)15(24)22(9-16(18,19)20)8-12-3-2-6-25-12/h2-7H,8-9H2,1H3,(H,21,23). The number of amides is 2. The van der Waals surface area contributed by atoms with Gasteiger partial charge in [-0.15, -0.1) is 0 Å². The minimum Gasteiger partial charge on any atom is -0.467 e. The van der Waals surface area contributed by atoms with E-state index in [1.54, 1.807) is 0 Å². The van der Waals surface area contributed by atoms with Gasteiger partial charge in [0.05, 0.1) is 18.5 Å². The monoisotopic (exact) mass is 358 g/mol. The first-order chi connectivity index (χ1) is 11.7. The number of hydrogen-bond donors (Lipinski definition) is 1. The number of hydrogen-bond acceptors (Lipinski definition) is 3. The molecule has 0 atom stereocenters. The fourth-order valence-electron chi connectivity index (χ4n) is 2.13. The van der Waals surface area contributed by atoms with E-state index in [0.717, 1.165) is 25.1 Å². The molecule has 1 aromatic heterocycles. The molecule has 9 heteroatoms. The quantitative estimate of drug-likeness (QED) is 0.831. The smallest absolute Gasteiger partial charge is 0.406 e. The molecular formula is C16H14F4N2O3. The number of nitrogens with one attached hydrogen (secondary N) is 1. The highest BCUT2D eigenvalue weighted by molar-refractivity contribution is 5.96. The van der Waals surface area contributed by atoms with E-state index >= 15 is 0 Å². The number of nitrogens with zero attached hydrogens (tertiary/aromatic N) is 1. The molecule has 0 aliphatic heterocycles. The van der Waals surface area contributed by atoms with Gasteiger partial charge in [0, 0.05) is 12.5 Å². The molecule has 2 amide bonds. The van der Waals surface area contributed by atoms with E-state index in [1.165, 1.54) is 18.4 Å². The summed E-state index contributed by atoms with van der Waals surface area (Å²) in [5, 5.41) is 2.18. The van der Waals surface area contributed by atoms with E-state index in [1.807, 2.05) is 0 Å². The Morgan fingerprint density at radius 1 is 1.24 bits per heavy atom. The van der Waals surface area contributed by atoms with E-state index in [0.29, 0.717) is 4.90 Å². The van der Waals surface area contributed by atoms with Gasteiger partial charge >= 0.3 is 6.18 Å². The summed E-state index contributed by atoms with van der Waals surface area (Å²) in [6.07, 6.45) is -3.35. The molecule has 0 saturated heterocycles. The van der Waals surface area contributed by atoms with Gasteiger partial charge < -0.3 is 14.6 Å². The zero-order chi connectivity index (χ0) is 18.6. The molecule has 0 radical (unpaired) electrons. The molecule has 0 saturated carbocycles. The van der Waals surface area contributed by atoms with Crippen molar-refractivity contribution in [3.05, 3.63) is 53.7 Å². The highest BCUT2D eigenvalue weighted by Crippen LogP contribution is 2.22. The van der Waals surface area contributed by atoms with Gasteiger partial charge in [-0.05, 0) is 30.3 Å². The molecule has 2 aromatic rings. The molecule has 1 heterocycles. The van der Waals surface area contributed by atoms with Gasteiger partial charge in [-0.3, -0.25) is 9.59 Å². The summed E-state index contributed by atoms with van der Waals surface area (Å²) in [7, 11) is 0. The highest BCUT2D eigenvalue weighted by atomic mass is 19.4. The van der Waals surface area contributed by atoms with E-state index in [2.05, 4.69) is 5.32 Å². The average Bonchev–Trinajstić information content (AvgIpc) is 2.99. The van der Waals surface area contributed by atoms with Crippen LogP contribution in [0.5, 0.6) is 0 Å². The molecule has 0 aliphatic rings. The summed E-state index contributed by atoms with van der Waals surface area (Å²) in [6.45, 7) is -0.766. The molecule has 0 aliphatic carbocycles. The van der Waals surface area contributed by atoms with Gasteiger partial charge in [0.1, 0.15) is 18.1 Å². The number of benzene rings is 1. The number of alkyl halides is 3. The van der Waals surface area contributed by atoms with Crippen molar-refractivity contribution in [1.82, 2.24) is 4.90 Å². The second-order valence-corrected chi connectivity index (χ2v) is 5.23. The van der Waals surface area contributed by atoms with Crippen molar-refractivity contribution < 1.29 is 31.6 Å². The maximum Gasteiger partial charge on any atom is 0.406 e. The second kappa shape index (κ2) is 7.37. The molecule has 2 rings (SSSR count). The summed E-state index contributed by atoms with van der Waals surface area (Å²) in [5.41, 5.74) is -0.482. The lowest BCUT2D eigenvalue weighted by atomic mass is 10.1. The van der Waals surface area contributed by atoms with Crippen molar-refractivity contribution >= 4 is 17.5 Å². The number of carbonyl (C=O) groups excluding carboxylic acids is 2. The lowest BCUT2D eigenvalue weighted by Gasteiger charge is -2.23. The van der Waals surface area contributed by atoms with Crippen molar-refractivity contribution in [2.24, 2.45) is 0 Å². The first kappa shape index (κ1) is 18.5. The first-order valence-electron chi connectivity index (χ1n) is 7.11. The Hall–Kier alpha value is -2.84. The third-order valence-electron chi connectivity index (χ3n) is 3.11.